The van der Waals surface area contributed by atoms with Crippen molar-refractivity contribution in [3.8, 4) is 123 Å². The van der Waals surface area contributed by atoms with Crippen molar-refractivity contribution in [2.75, 3.05) is 0 Å². The van der Waals surface area contributed by atoms with E-state index in [9.17, 15) is 0 Å². The summed E-state index contributed by atoms with van der Waals surface area (Å²) in [4.78, 5) is 0. The molecule has 4 aliphatic rings. The number of benzene rings is 15. The summed E-state index contributed by atoms with van der Waals surface area (Å²) in [6.07, 6.45) is 1.85. The van der Waals surface area contributed by atoms with Crippen molar-refractivity contribution in [1.29, 1.82) is 0 Å². The van der Waals surface area contributed by atoms with Crippen molar-refractivity contribution in [1.82, 2.24) is 0 Å². The Morgan fingerprint density at radius 2 is 0.656 bits per heavy atom. The average Bonchev–Trinajstić information content (AvgIpc) is 0.667. The highest BCUT2D eigenvalue weighted by Crippen LogP contribution is 2.56. The largest absolute Gasteiger partial charge is 0.458 e. The Kier molecular flexibility index (Phi) is 12.9. The third kappa shape index (κ3) is 8.57. The standard InChI is InChI=1S/C85H50B2Br4O2/c1-2-18-52-33-53(47-19-8-3-9-20-47)34-59(49-23-12-5-13-24-49)78(52)62-43-64-68-37-57(90)41-76-84(68)87(71-32-30-56(89)40-75(71)92-76)73-46-67-63(79-60(50-25-14-6-15-26-50)35-54(48-21-10-4-11-22-48)36-61(79)51-27-16-7-17-28-51)44-65-69-38-58(91)42-77-85(69)86(70-31-29-55(88)39-74(70)93-77)72-45-66(62)82(80(64)73)83(67)81(65)72/h3-17,19-46H,2,18H2,1H3. The molecule has 4 heterocycles. The second-order valence-electron chi connectivity index (χ2n) is 25.2. The highest BCUT2D eigenvalue weighted by molar-refractivity contribution is 9.11. The maximum absolute atomic E-state index is 7.19. The van der Waals surface area contributed by atoms with Crippen LogP contribution in [0.5, 0.6) is 23.0 Å². The van der Waals surface area contributed by atoms with Crippen LogP contribution >= 0.6 is 63.7 Å². The third-order valence-electron chi connectivity index (χ3n) is 20.1. The van der Waals surface area contributed by atoms with Crippen LogP contribution in [0.15, 0.2) is 279 Å². The van der Waals surface area contributed by atoms with E-state index in [-0.39, 0.29) is 13.4 Å². The maximum Gasteiger partial charge on any atom is 0.252 e. The van der Waals surface area contributed by atoms with Crippen LogP contribution in [-0.2, 0) is 6.42 Å². The van der Waals surface area contributed by atoms with E-state index in [0.29, 0.717) is 0 Å². The molecule has 8 heteroatoms. The molecule has 0 N–H and O–H groups in total. The van der Waals surface area contributed by atoms with Gasteiger partial charge in [-0.15, -0.1) is 0 Å². The van der Waals surface area contributed by atoms with E-state index in [0.717, 1.165) is 104 Å². The molecule has 19 rings (SSSR count). The van der Waals surface area contributed by atoms with Crippen molar-refractivity contribution in [3.63, 3.8) is 0 Å². The Morgan fingerprint density at radius 1 is 0.280 bits per heavy atom. The van der Waals surface area contributed by atoms with E-state index >= 15 is 0 Å². The van der Waals surface area contributed by atoms with E-state index in [1.807, 2.05) is 0 Å². The molecule has 0 saturated carbocycles. The van der Waals surface area contributed by atoms with Crippen LogP contribution in [0, 0.1) is 0 Å². The number of fused-ring (bicyclic) bond motifs is 8. The predicted octanol–water partition coefficient (Wildman–Crippen LogP) is 21.5. The van der Waals surface area contributed by atoms with Gasteiger partial charge in [-0.2, -0.15) is 0 Å². The fraction of sp³-hybridized carbons (Fsp3) is 0.0353. The molecule has 4 aliphatic heterocycles. The average molecular weight is 1440 g/mol. The lowest BCUT2D eigenvalue weighted by Crippen LogP contribution is -2.58. The number of hydrogen-bond acceptors (Lipinski definition) is 2. The molecule has 0 amide bonds. The third-order valence-corrected chi connectivity index (χ3v) is 22.0. The van der Waals surface area contributed by atoms with Crippen LogP contribution in [-0.4, -0.2) is 13.4 Å². The van der Waals surface area contributed by atoms with Crippen molar-refractivity contribution in [3.05, 3.63) is 284 Å². The zero-order valence-electron chi connectivity index (χ0n) is 50.2. The summed E-state index contributed by atoms with van der Waals surface area (Å²) in [5.74, 6) is 3.43. The van der Waals surface area contributed by atoms with E-state index in [1.165, 1.54) is 121 Å². The molecule has 0 aliphatic carbocycles. The Hall–Kier alpha value is -9.01. The molecule has 0 spiro atoms. The predicted molar refractivity (Wildman–Crippen MR) is 406 cm³/mol. The van der Waals surface area contributed by atoms with Gasteiger partial charge in [-0.05, 0) is 245 Å². The molecule has 0 atom stereocenters. The van der Waals surface area contributed by atoms with E-state index in [1.54, 1.807) is 0 Å². The van der Waals surface area contributed by atoms with Crippen LogP contribution in [0.1, 0.15) is 18.9 Å². The molecule has 2 nitrogen and oxygen atoms in total. The molecule has 0 saturated heterocycles. The van der Waals surface area contributed by atoms with Crippen LogP contribution in [0.25, 0.3) is 132 Å². The second kappa shape index (κ2) is 21.5. The van der Waals surface area contributed by atoms with Crippen LogP contribution in [0.2, 0.25) is 0 Å². The Morgan fingerprint density at radius 3 is 1.08 bits per heavy atom. The smallest absolute Gasteiger partial charge is 0.252 e. The second-order valence-corrected chi connectivity index (χ2v) is 28.9. The molecule has 0 bridgehead atoms. The number of ether oxygens (including phenoxy) is 2. The van der Waals surface area contributed by atoms with Gasteiger partial charge in [-0.25, -0.2) is 0 Å². The summed E-state index contributed by atoms with van der Waals surface area (Å²) in [6, 6.07) is 97.8. The minimum Gasteiger partial charge on any atom is -0.458 e. The summed E-state index contributed by atoms with van der Waals surface area (Å²) >= 11 is 16.0. The van der Waals surface area contributed by atoms with Gasteiger partial charge in [0.1, 0.15) is 23.0 Å². The van der Waals surface area contributed by atoms with Crippen molar-refractivity contribution in [2.24, 2.45) is 0 Å². The van der Waals surface area contributed by atoms with E-state index in [4.69, 9.17) is 9.47 Å². The Balaban J connectivity index is 1.07. The van der Waals surface area contributed by atoms with E-state index < -0.39 is 0 Å². The molecule has 15 aromatic carbocycles. The maximum atomic E-state index is 7.19. The first-order valence-corrected chi connectivity index (χ1v) is 35.0. The number of hydrogen-bond donors (Lipinski definition) is 0. The summed E-state index contributed by atoms with van der Waals surface area (Å²) in [6.45, 7) is 1.99. The summed E-state index contributed by atoms with van der Waals surface area (Å²) < 4.78 is 18.3. The first kappa shape index (κ1) is 55.6. The van der Waals surface area contributed by atoms with Gasteiger partial charge in [0.05, 0.1) is 0 Å². The van der Waals surface area contributed by atoms with Crippen LogP contribution in [0.3, 0.4) is 0 Å². The summed E-state index contributed by atoms with van der Waals surface area (Å²) in [5, 5.41) is 7.51. The molecule has 15 aromatic rings. The highest BCUT2D eigenvalue weighted by Gasteiger charge is 2.45. The van der Waals surface area contributed by atoms with Crippen molar-refractivity contribution < 1.29 is 9.47 Å². The minimum atomic E-state index is -0.173. The van der Waals surface area contributed by atoms with Gasteiger partial charge in [0.25, 0.3) is 13.4 Å². The first-order chi connectivity index (χ1) is 45.7. The fourth-order valence-electron chi connectivity index (χ4n) is 16.4. The zero-order valence-corrected chi connectivity index (χ0v) is 56.6. The van der Waals surface area contributed by atoms with Gasteiger partial charge in [0.2, 0.25) is 0 Å². The molecular formula is C85H50B2Br4O2. The van der Waals surface area contributed by atoms with Crippen molar-refractivity contribution >= 4 is 142 Å². The number of halogens is 4. The minimum absolute atomic E-state index is 0.168. The van der Waals surface area contributed by atoms with Gasteiger partial charge >= 0.3 is 0 Å². The normalized spacial score (nSPS) is 12.8. The van der Waals surface area contributed by atoms with Crippen molar-refractivity contribution in [2.45, 2.75) is 19.8 Å². The van der Waals surface area contributed by atoms with E-state index in [2.05, 4.69) is 331 Å². The van der Waals surface area contributed by atoms with Gasteiger partial charge in [-0.1, -0.05) is 270 Å². The van der Waals surface area contributed by atoms with Gasteiger partial charge < -0.3 is 9.47 Å². The zero-order chi connectivity index (χ0) is 61.9. The first-order valence-electron chi connectivity index (χ1n) is 31.8. The number of rotatable bonds is 9. The highest BCUT2D eigenvalue weighted by atomic mass is 79.9. The quantitative estimate of drug-likeness (QED) is 0.106. The lowest BCUT2D eigenvalue weighted by atomic mass is 9.32. The lowest BCUT2D eigenvalue weighted by Gasteiger charge is -2.38. The summed E-state index contributed by atoms with van der Waals surface area (Å²) in [5.41, 5.74) is 29.8. The molecule has 0 aromatic heterocycles. The topological polar surface area (TPSA) is 18.5 Å². The molecular weight excluding hydrogens is 1390 g/mol. The van der Waals surface area contributed by atoms with Gasteiger partial charge in [-0.3, -0.25) is 0 Å². The fourth-order valence-corrected chi connectivity index (χ4v) is 17.9. The number of aryl methyl sites for hydroxylation is 1. The molecule has 0 unspecified atom stereocenters. The Bertz CT molecular complexity index is 5620. The van der Waals surface area contributed by atoms with Crippen LogP contribution < -0.4 is 42.3 Å². The molecule has 436 valence electrons. The van der Waals surface area contributed by atoms with Gasteiger partial charge in [0.15, 0.2) is 0 Å². The SMILES string of the molecule is CCCc1cc(-c2ccccc2)cc(-c2ccccc2)c1-c1cc2c3c(cc4c(-c5c(-c6ccccc6)cc(-c6ccccc6)cc5-c5ccccc5)cc5c6c(cc1c3c46)B1c3ccc(Br)cc3Oc3cc(Br)cc-5c31)B1c3ccc(Br)cc3Oc3cc(Br)cc-2c31. The molecule has 0 radical (unpaired) electrons. The molecule has 0 fully saturated rings. The Labute approximate surface area is 573 Å². The van der Waals surface area contributed by atoms with Gasteiger partial charge in [0, 0.05) is 17.9 Å². The lowest BCUT2D eigenvalue weighted by molar-refractivity contribution is 0.486. The monoisotopic (exact) mass is 1440 g/mol. The van der Waals surface area contributed by atoms with Crippen LogP contribution in [0.4, 0.5) is 0 Å². The molecule has 93 heavy (non-hydrogen) atoms. The summed E-state index contributed by atoms with van der Waals surface area (Å²) in [7, 11) is 0.